The number of carbonyl (C=O) groups excluding carboxylic acids is 1. The third-order valence-electron chi connectivity index (χ3n) is 3.16. The normalized spacial score (nSPS) is 14.8. The standard InChI is InChI=1S/C16H15N3O2/c1-12-9-10-19(16(20)18-12)13-7-8-15(17-11-13)21-14-5-3-2-4-6-14/h2-8,11H,1,9-10H2,(H,18,20). The van der Waals surface area contributed by atoms with Crippen LogP contribution in [0.5, 0.6) is 11.6 Å². The molecule has 3 rings (SSSR count). The van der Waals surface area contributed by atoms with Gasteiger partial charge in [0.15, 0.2) is 0 Å². The fourth-order valence-corrected chi connectivity index (χ4v) is 2.08. The van der Waals surface area contributed by atoms with Crippen molar-refractivity contribution in [2.45, 2.75) is 6.42 Å². The Bertz CT molecular complexity index is 653. The van der Waals surface area contributed by atoms with Crippen LogP contribution in [0.2, 0.25) is 0 Å². The second-order valence-corrected chi connectivity index (χ2v) is 4.71. The van der Waals surface area contributed by atoms with Gasteiger partial charge in [-0.15, -0.1) is 0 Å². The second-order valence-electron chi connectivity index (χ2n) is 4.71. The molecule has 106 valence electrons. The number of ether oxygens (including phenoxy) is 1. The summed E-state index contributed by atoms with van der Waals surface area (Å²) in [4.78, 5) is 17.7. The molecule has 0 spiro atoms. The molecule has 2 amide bonds. The van der Waals surface area contributed by atoms with E-state index in [1.54, 1.807) is 17.2 Å². The smallest absolute Gasteiger partial charge is 0.326 e. The molecule has 1 aromatic heterocycles. The number of anilines is 1. The maximum Gasteiger partial charge on any atom is 0.326 e. The number of urea groups is 1. The average Bonchev–Trinajstić information content (AvgIpc) is 2.49. The highest BCUT2D eigenvalue weighted by Crippen LogP contribution is 2.23. The number of amides is 2. The summed E-state index contributed by atoms with van der Waals surface area (Å²) in [5.74, 6) is 1.22. The van der Waals surface area contributed by atoms with Crippen molar-refractivity contribution < 1.29 is 9.53 Å². The van der Waals surface area contributed by atoms with Crippen molar-refractivity contribution in [3.63, 3.8) is 0 Å². The fourth-order valence-electron chi connectivity index (χ4n) is 2.08. The van der Waals surface area contributed by atoms with Gasteiger partial charge in [0, 0.05) is 24.7 Å². The Morgan fingerprint density at radius 1 is 1.19 bits per heavy atom. The molecule has 0 unspecified atom stereocenters. The monoisotopic (exact) mass is 281 g/mol. The Morgan fingerprint density at radius 3 is 2.67 bits per heavy atom. The molecule has 5 heteroatoms. The van der Waals surface area contributed by atoms with Crippen LogP contribution in [-0.4, -0.2) is 17.6 Å². The first-order valence-electron chi connectivity index (χ1n) is 6.67. The van der Waals surface area contributed by atoms with Crippen LogP contribution in [-0.2, 0) is 0 Å². The molecule has 1 aliphatic rings. The van der Waals surface area contributed by atoms with Crippen molar-refractivity contribution in [2.24, 2.45) is 0 Å². The Balaban J connectivity index is 1.72. The van der Waals surface area contributed by atoms with E-state index in [0.29, 0.717) is 12.4 Å². The van der Waals surface area contributed by atoms with Gasteiger partial charge in [0.2, 0.25) is 5.88 Å². The van der Waals surface area contributed by atoms with Crippen LogP contribution in [0.4, 0.5) is 10.5 Å². The predicted molar refractivity (Wildman–Crippen MR) is 80.4 cm³/mol. The summed E-state index contributed by atoms with van der Waals surface area (Å²) in [7, 11) is 0. The highest BCUT2D eigenvalue weighted by molar-refractivity contribution is 5.93. The van der Waals surface area contributed by atoms with Crippen molar-refractivity contribution in [1.29, 1.82) is 0 Å². The summed E-state index contributed by atoms with van der Waals surface area (Å²) in [6.07, 6.45) is 2.36. The lowest BCUT2D eigenvalue weighted by molar-refractivity contribution is 0.246. The van der Waals surface area contributed by atoms with Gasteiger partial charge in [-0.3, -0.25) is 4.90 Å². The van der Waals surface area contributed by atoms with Crippen molar-refractivity contribution in [1.82, 2.24) is 10.3 Å². The predicted octanol–water partition coefficient (Wildman–Crippen LogP) is 3.31. The molecule has 1 aromatic carbocycles. The topological polar surface area (TPSA) is 54.5 Å². The van der Waals surface area contributed by atoms with Gasteiger partial charge in [0.1, 0.15) is 5.75 Å². The molecule has 1 aliphatic heterocycles. The van der Waals surface area contributed by atoms with Crippen LogP contribution >= 0.6 is 0 Å². The molecule has 0 saturated carbocycles. The van der Waals surface area contributed by atoms with Crippen LogP contribution < -0.4 is 15.0 Å². The summed E-state index contributed by atoms with van der Waals surface area (Å²) >= 11 is 0. The largest absolute Gasteiger partial charge is 0.439 e. The Kier molecular flexibility index (Phi) is 3.55. The molecule has 2 heterocycles. The van der Waals surface area contributed by atoms with Crippen LogP contribution in [0.3, 0.4) is 0 Å². The van der Waals surface area contributed by atoms with Gasteiger partial charge in [-0.2, -0.15) is 0 Å². The maximum atomic E-state index is 11.9. The molecule has 0 aliphatic carbocycles. The first-order valence-corrected chi connectivity index (χ1v) is 6.67. The summed E-state index contributed by atoms with van der Waals surface area (Å²) < 4.78 is 5.62. The fraction of sp³-hybridized carbons (Fsp3) is 0.125. The van der Waals surface area contributed by atoms with Crippen LogP contribution in [0, 0.1) is 0 Å². The highest BCUT2D eigenvalue weighted by atomic mass is 16.5. The number of carbonyl (C=O) groups is 1. The van der Waals surface area contributed by atoms with Gasteiger partial charge in [-0.25, -0.2) is 9.78 Å². The van der Waals surface area contributed by atoms with Crippen molar-refractivity contribution >= 4 is 11.7 Å². The third-order valence-corrected chi connectivity index (χ3v) is 3.16. The molecule has 1 saturated heterocycles. The average molecular weight is 281 g/mol. The van der Waals surface area contributed by atoms with Gasteiger partial charge >= 0.3 is 6.03 Å². The van der Waals surface area contributed by atoms with Gasteiger partial charge in [0.05, 0.1) is 11.9 Å². The molecule has 0 atom stereocenters. The van der Waals surface area contributed by atoms with E-state index in [4.69, 9.17) is 4.74 Å². The number of nitrogens with zero attached hydrogens (tertiary/aromatic N) is 2. The summed E-state index contributed by atoms with van der Waals surface area (Å²) in [5, 5.41) is 2.72. The van der Waals surface area contributed by atoms with E-state index in [2.05, 4.69) is 16.9 Å². The van der Waals surface area contributed by atoms with E-state index in [1.807, 2.05) is 36.4 Å². The molecule has 0 bridgehead atoms. The third kappa shape index (κ3) is 3.02. The molecular formula is C16H15N3O2. The quantitative estimate of drug-likeness (QED) is 0.939. The Morgan fingerprint density at radius 2 is 2.00 bits per heavy atom. The van der Waals surface area contributed by atoms with E-state index < -0.39 is 0 Å². The maximum absolute atomic E-state index is 11.9. The summed E-state index contributed by atoms with van der Waals surface area (Å²) in [6.45, 7) is 4.36. The minimum Gasteiger partial charge on any atom is -0.439 e. The van der Waals surface area contributed by atoms with Crippen molar-refractivity contribution in [3.05, 3.63) is 60.9 Å². The minimum absolute atomic E-state index is 0.176. The first-order chi connectivity index (χ1) is 10.2. The lowest BCUT2D eigenvalue weighted by Gasteiger charge is -2.28. The van der Waals surface area contributed by atoms with E-state index in [0.717, 1.165) is 23.6 Å². The zero-order valence-corrected chi connectivity index (χ0v) is 11.5. The van der Waals surface area contributed by atoms with Gasteiger partial charge in [0.25, 0.3) is 0 Å². The second kappa shape index (κ2) is 5.66. The molecule has 5 nitrogen and oxygen atoms in total. The number of hydrogen-bond donors (Lipinski definition) is 1. The number of nitrogens with one attached hydrogen (secondary N) is 1. The van der Waals surface area contributed by atoms with Gasteiger partial charge in [-0.1, -0.05) is 24.8 Å². The van der Waals surface area contributed by atoms with Gasteiger partial charge < -0.3 is 10.1 Å². The Labute approximate surface area is 122 Å². The van der Waals surface area contributed by atoms with E-state index in [-0.39, 0.29) is 6.03 Å². The zero-order valence-electron chi connectivity index (χ0n) is 11.5. The van der Waals surface area contributed by atoms with E-state index >= 15 is 0 Å². The number of benzene rings is 1. The summed E-state index contributed by atoms with van der Waals surface area (Å²) in [5.41, 5.74) is 1.48. The van der Waals surface area contributed by atoms with Gasteiger partial charge in [-0.05, 0) is 18.2 Å². The zero-order chi connectivity index (χ0) is 14.7. The lowest BCUT2D eigenvalue weighted by atomic mass is 10.2. The molecule has 0 radical (unpaired) electrons. The Hall–Kier alpha value is -2.82. The molecule has 1 N–H and O–H groups in total. The number of aromatic nitrogens is 1. The number of pyridine rings is 1. The van der Waals surface area contributed by atoms with Crippen LogP contribution in [0.15, 0.2) is 60.9 Å². The van der Waals surface area contributed by atoms with Crippen molar-refractivity contribution in [3.8, 4) is 11.6 Å². The summed E-state index contributed by atoms with van der Waals surface area (Å²) in [6, 6.07) is 12.8. The number of rotatable bonds is 3. The number of hydrogen-bond acceptors (Lipinski definition) is 3. The molecule has 1 fully saturated rings. The highest BCUT2D eigenvalue weighted by Gasteiger charge is 2.21. The first kappa shape index (κ1) is 13.2. The SMILES string of the molecule is C=C1CCN(c2ccc(Oc3ccccc3)nc2)C(=O)N1. The number of para-hydroxylation sites is 1. The molecule has 21 heavy (non-hydrogen) atoms. The van der Waals surface area contributed by atoms with E-state index in [1.165, 1.54) is 0 Å². The molecule has 2 aromatic rings. The van der Waals surface area contributed by atoms with Crippen LogP contribution in [0.1, 0.15) is 6.42 Å². The van der Waals surface area contributed by atoms with Crippen molar-refractivity contribution in [2.75, 3.05) is 11.4 Å². The lowest BCUT2D eigenvalue weighted by Crippen LogP contribution is -2.45. The van der Waals surface area contributed by atoms with E-state index in [9.17, 15) is 4.79 Å². The molecular weight excluding hydrogens is 266 g/mol. The minimum atomic E-state index is -0.176. The van der Waals surface area contributed by atoms with Crippen LogP contribution in [0.25, 0.3) is 0 Å².